The Hall–Kier alpha value is -2.29. The van der Waals surface area contributed by atoms with Crippen LogP contribution in [-0.4, -0.2) is 19.4 Å². The second-order valence-electron chi connectivity index (χ2n) is 4.74. The molecule has 0 bridgehead atoms. The average molecular weight is 269 g/mol. The number of hydrogen-bond donors (Lipinski definition) is 0. The molecular weight excluding hydrogens is 250 g/mol. The Morgan fingerprint density at radius 2 is 1.70 bits per heavy atom. The summed E-state index contributed by atoms with van der Waals surface area (Å²) in [7, 11) is 1.65. The fourth-order valence-electron chi connectivity index (χ4n) is 2.10. The molecule has 0 amide bonds. The number of carbonyl (C=O) groups is 1. The van der Waals surface area contributed by atoms with Crippen LogP contribution in [0.15, 0.2) is 54.6 Å². The van der Waals surface area contributed by atoms with Gasteiger partial charge in [0.1, 0.15) is 11.5 Å². The number of ketones is 1. The number of rotatable bonds is 6. The largest absolute Gasteiger partial charge is 0.497 e. The van der Waals surface area contributed by atoms with E-state index < -0.39 is 0 Å². The van der Waals surface area contributed by atoms with Gasteiger partial charge in [-0.1, -0.05) is 30.3 Å². The van der Waals surface area contributed by atoms with E-state index >= 15 is 0 Å². The summed E-state index contributed by atoms with van der Waals surface area (Å²) in [5.41, 5.74) is 2.20. The molecule has 3 heteroatoms. The Labute approximate surface area is 119 Å². The molecule has 3 nitrogen and oxygen atoms in total. The third-order valence-corrected chi connectivity index (χ3v) is 3.07. The van der Waals surface area contributed by atoms with E-state index in [4.69, 9.17) is 4.74 Å². The van der Waals surface area contributed by atoms with E-state index in [1.807, 2.05) is 42.5 Å². The minimum absolute atomic E-state index is 0.150. The zero-order valence-electron chi connectivity index (χ0n) is 11.9. The first-order valence-electron chi connectivity index (χ1n) is 6.61. The van der Waals surface area contributed by atoms with Crippen LogP contribution in [0.4, 0.5) is 5.69 Å². The van der Waals surface area contributed by atoms with Gasteiger partial charge in [-0.3, -0.25) is 4.79 Å². The van der Waals surface area contributed by atoms with Gasteiger partial charge in [0.05, 0.1) is 13.7 Å². The molecule has 0 unspecified atom stereocenters. The summed E-state index contributed by atoms with van der Waals surface area (Å²) in [6, 6.07) is 17.9. The van der Waals surface area contributed by atoms with Gasteiger partial charge in [0.15, 0.2) is 0 Å². The van der Waals surface area contributed by atoms with E-state index in [1.54, 1.807) is 14.0 Å². The quantitative estimate of drug-likeness (QED) is 0.806. The topological polar surface area (TPSA) is 29.5 Å². The van der Waals surface area contributed by atoms with Gasteiger partial charge in [-0.05, 0) is 36.8 Å². The van der Waals surface area contributed by atoms with Crippen LogP contribution in [0.1, 0.15) is 12.5 Å². The van der Waals surface area contributed by atoms with Gasteiger partial charge in [0, 0.05) is 12.2 Å². The molecule has 0 N–H and O–H groups in total. The summed E-state index contributed by atoms with van der Waals surface area (Å²) >= 11 is 0. The highest BCUT2D eigenvalue weighted by Crippen LogP contribution is 2.21. The van der Waals surface area contributed by atoms with E-state index in [2.05, 4.69) is 17.0 Å². The van der Waals surface area contributed by atoms with Gasteiger partial charge in [-0.15, -0.1) is 0 Å². The molecule has 0 radical (unpaired) electrons. The first kappa shape index (κ1) is 14.1. The molecule has 20 heavy (non-hydrogen) atoms. The molecule has 0 aliphatic rings. The lowest BCUT2D eigenvalue weighted by molar-refractivity contribution is -0.115. The van der Waals surface area contributed by atoms with Crippen molar-refractivity contribution in [2.45, 2.75) is 13.5 Å². The Morgan fingerprint density at radius 3 is 2.25 bits per heavy atom. The van der Waals surface area contributed by atoms with Gasteiger partial charge in [-0.25, -0.2) is 0 Å². The standard InChI is InChI=1S/C17H19NO2/c1-14(19)12-18(13-15-6-4-3-5-7-15)16-8-10-17(20-2)11-9-16/h3-11H,12-13H2,1-2H3. The Bertz CT molecular complexity index is 549. The maximum absolute atomic E-state index is 11.5. The lowest BCUT2D eigenvalue weighted by Crippen LogP contribution is -2.28. The summed E-state index contributed by atoms with van der Waals surface area (Å²) in [6.07, 6.45) is 0. The Balaban J connectivity index is 2.19. The van der Waals surface area contributed by atoms with Crippen LogP contribution in [0.25, 0.3) is 0 Å². The number of nitrogens with zero attached hydrogens (tertiary/aromatic N) is 1. The number of methoxy groups -OCH3 is 1. The summed E-state index contributed by atoms with van der Waals surface area (Å²) in [4.78, 5) is 13.5. The third kappa shape index (κ3) is 3.85. The van der Waals surface area contributed by atoms with Crippen LogP contribution in [0, 0.1) is 0 Å². The number of anilines is 1. The van der Waals surface area contributed by atoms with Crippen molar-refractivity contribution < 1.29 is 9.53 Å². The minimum atomic E-state index is 0.150. The fraction of sp³-hybridized carbons (Fsp3) is 0.235. The number of carbonyl (C=O) groups excluding carboxylic acids is 1. The third-order valence-electron chi connectivity index (χ3n) is 3.07. The number of benzene rings is 2. The van der Waals surface area contributed by atoms with Gasteiger partial charge in [-0.2, -0.15) is 0 Å². The SMILES string of the molecule is COc1ccc(N(CC(C)=O)Cc2ccccc2)cc1. The molecule has 0 aromatic heterocycles. The maximum atomic E-state index is 11.5. The summed E-state index contributed by atoms with van der Waals surface area (Å²) in [5, 5.41) is 0. The highest BCUT2D eigenvalue weighted by molar-refractivity contribution is 5.81. The number of hydrogen-bond acceptors (Lipinski definition) is 3. The fourth-order valence-corrected chi connectivity index (χ4v) is 2.10. The molecule has 0 fully saturated rings. The maximum Gasteiger partial charge on any atom is 0.149 e. The van der Waals surface area contributed by atoms with E-state index in [0.717, 1.165) is 11.4 Å². The van der Waals surface area contributed by atoms with Crippen LogP contribution < -0.4 is 9.64 Å². The van der Waals surface area contributed by atoms with Gasteiger partial charge in [0.2, 0.25) is 0 Å². The highest BCUT2D eigenvalue weighted by atomic mass is 16.5. The van der Waals surface area contributed by atoms with Crippen LogP contribution >= 0.6 is 0 Å². The lowest BCUT2D eigenvalue weighted by Gasteiger charge is -2.24. The van der Waals surface area contributed by atoms with Crippen molar-refractivity contribution >= 4 is 11.5 Å². The normalized spacial score (nSPS) is 10.1. The molecule has 0 spiro atoms. The molecule has 2 aromatic carbocycles. The van der Waals surface area contributed by atoms with E-state index in [9.17, 15) is 4.79 Å². The molecule has 0 aliphatic heterocycles. The molecule has 2 rings (SSSR count). The predicted octanol–water partition coefficient (Wildman–Crippen LogP) is 3.29. The van der Waals surface area contributed by atoms with Gasteiger partial charge >= 0.3 is 0 Å². The van der Waals surface area contributed by atoms with Gasteiger partial charge < -0.3 is 9.64 Å². The summed E-state index contributed by atoms with van der Waals surface area (Å²) < 4.78 is 5.16. The zero-order valence-corrected chi connectivity index (χ0v) is 11.9. The van der Waals surface area contributed by atoms with Crippen molar-refractivity contribution in [2.24, 2.45) is 0 Å². The molecule has 104 valence electrons. The molecular formula is C17H19NO2. The predicted molar refractivity (Wildman–Crippen MR) is 81.2 cm³/mol. The van der Waals surface area contributed by atoms with Gasteiger partial charge in [0.25, 0.3) is 0 Å². The summed E-state index contributed by atoms with van der Waals surface area (Å²) in [5.74, 6) is 0.966. The van der Waals surface area contributed by atoms with Crippen molar-refractivity contribution in [1.29, 1.82) is 0 Å². The molecule has 0 saturated carbocycles. The van der Waals surface area contributed by atoms with Crippen LogP contribution in [0.2, 0.25) is 0 Å². The Kier molecular flexibility index (Phi) is 4.77. The van der Waals surface area contributed by atoms with E-state index in [0.29, 0.717) is 13.1 Å². The van der Waals surface area contributed by atoms with Crippen molar-refractivity contribution in [3.8, 4) is 5.75 Å². The first-order valence-corrected chi connectivity index (χ1v) is 6.61. The number of Topliss-reactive ketones (excluding diaryl/α,β-unsaturated/α-hetero) is 1. The average Bonchev–Trinajstić information content (AvgIpc) is 2.47. The molecule has 0 heterocycles. The van der Waals surface area contributed by atoms with E-state index in [1.165, 1.54) is 5.56 Å². The monoisotopic (exact) mass is 269 g/mol. The zero-order chi connectivity index (χ0) is 14.4. The molecule has 2 aromatic rings. The molecule has 0 saturated heterocycles. The van der Waals surface area contributed by atoms with Crippen LogP contribution in [0.5, 0.6) is 5.75 Å². The van der Waals surface area contributed by atoms with Crippen LogP contribution in [-0.2, 0) is 11.3 Å². The minimum Gasteiger partial charge on any atom is -0.497 e. The van der Waals surface area contributed by atoms with E-state index in [-0.39, 0.29) is 5.78 Å². The highest BCUT2D eigenvalue weighted by Gasteiger charge is 2.09. The smallest absolute Gasteiger partial charge is 0.149 e. The second-order valence-corrected chi connectivity index (χ2v) is 4.74. The van der Waals surface area contributed by atoms with Crippen molar-refractivity contribution in [2.75, 3.05) is 18.6 Å². The first-order chi connectivity index (χ1) is 9.69. The number of ether oxygens (including phenoxy) is 1. The molecule has 0 aliphatic carbocycles. The van der Waals surface area contributed by atoms with Crippen LogP contribution in [0.3, 0.4) is 0 Å². The molecule has 0 atom stereocenters. The lowest BCUT2D eigenvalue weighted by atomic mass is 10.2. The van der Waals surface area contributed by atoms with Crippen molar-refractivity contribution in [1.82, 2.24) is 0 Å². The van der Waals surface area contributed by atoms with Crippen molar-refractivity contribution in [3.63, 3.8) is 0 Å². The Morgan fingerprint density at radius 1 is 1.05 bits per heavy atom. The second kappa shape index (κ2) is 6.75. The van der Waals surface area contributed by atoms with Crippen molar-refractivity contribution in [3.05, 3.63) is 60.2 Å². The summed E-state index contributed by atoms with van der Waals surface area (Å²) in [6.45, 7) is 2.73.